The second-order valence-electron chi connectivity index (χ2n) is 4.11. The molecular formula is C15H9ClN2O3. The van der Waals surface area contributed by atoms with Crippen LogP contribution in [0.1, 0.15) is 26.3 Å². The summed E-state index contributed by atoms with van der Waals surface area (Å²) in [5.41, 5.74) is 0.641. The molecule has 0 atom stereocenters. The Morgan fingerprint density at radius 1 is 1.14 bits per heavy atom. The number of carbonyl (C=O) groups excluding carboxylic acids is 1. The summed E-state index contributed by atoms with van der Waals surface area (Å²) in [6.07, 6.45) is 0. The van der Waals surface area contributed by atoms with Gasteiger partial charge in [0.1, 0.15) is 0 Å². The average Bonchev–Trinajstić information content (AvgIpc) is 2.47. The fourth-order valence-corrected chi connectivity index (χ4v) is 2.01. The SMILES string of the molecule is N#Cc1ccc(NC(=O)c2cccc(Cl)c2C(=O)O)cc1. The molecule has 0 heterocycles. The number of amides is 1. The Hall–Kier alpha value is -2.84. The van der Waals surface area contributed by atoms with Crippen molar-refractivity contribution in [2.24, 2.45) is 0 Å². The van der Waals surface area contributed by atoms with Crippen molar-refractivity contribution >= 4 is 29.2 Å². The molecule has 0 aliphatic heterocycles. The molecule has 104 valence electrons. The number of rotatable bonds is 3. The van der Waals surface area contributed by atoms with E-state index in [-0.39, 0.29) is 16.1 Å². The Morgan fingerprint density at radius 3 is 2.38 bits per heavy atom. The molecule has 0 radical (unpaired) electrons. The van der Waals surface area contributed by atoms with Gasteiger partial charge < -0.3 is 10.4 Å². The lowest BCUT2D eigenvalue weighted by Gasteiger charge is -2.09. The lowest BCUT2D eigenvalue weighted by atomic mass is 10.1. The van der Waals surface area contributed by atoms with E-state index in [1.165, 1.54) is 18.2 Å². The third-order valence-electron chi connectivity index (χ3n) is 2.74. The van der Waals surface area contributed by atoms with Crippen LogP contribution in [0, 0.1) is 11.3 Å². The molecule has 6 heteroatoms. The third kappa shape index (κ3) is 3.19. The lowest BCUT2D eigenvalue weighted by molar-refractivity contribution is 0.0692. The number of aromatic carboxylic acids is 1. The number of halogens is 1. The Morgan fingerprint density at radius 2 is 1.81 bits per heavy atom. The van der Waals surface area contributed by atoms with Crippen LogP contribution in [0.25, 0.3) is 0 Å². The zero-order valence-corrected chi connectivity index (χ0v) is 11.4. The minimum Gasteiger partial charge on any atom is -0.478 e. The van der Waals surface area contributed by atoms with Crippen molar-refractivity contribution in [2.75, 3.05) is 5.32 Å². The number of nitrogens with one attached hydrogen (secondary N) is 1. The largest absolute Gasteiger partial charge is 0.478 e. The number of nitrogens with zero attached hydrogens (tertiary/aromatic N) is 1. The van der Waals surface area contributed by atoms with Crippen molar-refractivity contribution in [3.05, 3.63) is 64.2 Å². The first-order valence-electron chi connectivity index (χ1n) is 5.86. The van der Waals surface area contributed by atoms with Gasteiger partial charge in [-0.3, -0.25) is 4.79 Å². The summed E-state index contributed by atoms with van der Waals surface area (Å²) in [6.45, 7) is 0. The quantitative estimate of drug-likeness (QED) is 0.911. The van der Waals surface area contributed by atoms with Gasteiger partial charge in [-0.25, -0.2) is 4.79 Å². The highest BCUT2D eigenvalue weighted by atomic mass is 35.5. The highest BCUT2D eigenvalue weighted by Crippen LogP contribution is 2.21. The maximum atomic E-state index is 12.1. The van der Waals surface area contributed by atoms with Crippen LogP contribution >= 0.6 is 11.6 Å². The maximum absolute atomic E-state index is 12.1. The van der Waals surface area contributed by atoms with E-state index >= 15 is 0 Å². The molecule has 21 heavy (non-hydrogen) atoms. The fraction of sp³-hybridized carbons (Fsp3) is 0. The highest BCUT2D eigenvalue weighted by Gasteiger charge is 2.19. The van der Waals surface area contributed by atoms with Gasteiger partial charge in [0, 0.05) is 5.69 Å². The molecule has 2 rings (SSSR count). The first kappa shape index (κ1) is 14.6. The number of hydrogen-bond acceptors (Lipinski definition) is 3. The van der Waals surface area contributed by atoms with Gasteiger partial charge in [-0.2, -0.15) is 5.26 Å². The summed E-state index contributed by atoms with van der Waals surface area (Å²) < 4.78 is 0. The van der Waals surface area contributed by atoms with Gasteiger partial charge in [0.05, 0.1) is 27.8 Å². The molecule has 0 aromatic heterocycles. The van der Waals surface area contributed by atoms with Crippen molar-refractivity contribution in [3.8, 4) is 6.07 Å². The predicted octanol–water partition coefficient (Wildman–Crippen LogP) is 3.16. The molecule has 0 saturated heterocycles. The number of nitriles is 1. The molecule has 0 aliphatic rings. The molecule has 0 bridgehead atoms. The Labute approximate surface area is 125 Å². The van der Waals surface area contributed by atoms with Crippen molar-refractivity contribution in [1.82, 2.24) is 0 Å². The predicted molar refractivity (Wildman–Crippen MR) is 77.5 cm³/mol. The fourth-order valence-electron chi connectivity index (χ4n) is 1.76. The van der Waals surface area contributed by atoms with E-state index in [9.17, 15) is 9.59 Å². The number of carbonyl (C=O) groups is 2. The number of carboxylic acids is 1. The summed E-state index contributed by atoms with van der Waals surface area (Å²) >= 11 is 5.81. The first-order chi connectivity index (χ1) is 10.0. The highest BCUT2D eigenvalue weighted by molar-refractivity contribution is 6.34. The summed E-state index contributed by atoms with van der Waals surface area (Å²) in [7, 11) is 0. The van der Waals surface area contributed by atoms with Gasteiger partial charge in [-0.15, -0.1) is 0 Å². The average molecular weight is 301 g/mol. The molecule has 2 N–H and O–H groups in total. The van der Waals surface area contributed by atoms with Crippen LogP contribution in [0.3, 0.4) is 0 Å². The maximum Gasteiger partial charge on any atom is 0.338 e. The van der Waals surface area contributed by atoms with Crippen molar-refractivity contribution in [1.29, 1.82) is 5.26 Å². The van der Waals surface area contributed by atoms with Crippen LogP contribution in [-0.2, 0) is 0 Å². The van der Waals surface area contributed by atoms with Gasteiger partial charge >= 0.3 is 5.97 Å². The molecule has 2 aromatic carbocycles. The zero-order chi connectivity index (χ0) is 15.4. The Kier molecular flexibility index (Phi) is 4.21. The smallest absolute Gasteiger partial charge is 0.338 e. The van der Waals surface area contributed by atoms with E-state index < -0.39 is 11.9 Å². The summed E-state index contributed by atoms with van der Waals surface area (Å²) in [6, 6.07) is 12.5. The molecule has 0 fully saturated rings. The van der Waals surface area contributed by atoms with E-state index in [1.54, 1.807) is 24.3 Å². The van der Waals surface area contributed by atoms with Crippen LogP contribution in [0.2, 0.25) is 5.02 Å². The van der Waals surface area contributed by atoms with Gasteiger partial charge in [0.15, 0.2) is 0 Å². The molecule has 5 nitrogen and oxygen atoms in total. The van der Waals surface area contributed by atoms with Gasteiger partial charge in [0.2, 0.25) is 0 Å². The lowest BCUT2D eigenvalue weighted by Crippen LogP contribution is -2.16. The summed E-state index contributed by atoms with van der Waals surface area (Å²) in [5.74, 6) is -1.86. The van der Waals surface area contributed by atoms with Gasteiger partial charge in [-0.05, 0) is 36.4 Å². The van der Waals surface area contributed by atoms with E-state index in [4.69, 9.17) is 22.0 Å². The van der Waals surface area contributed by atoms with Crippen LogP contribution in [0.5, 0.6) is 0 Å². The van der Waals surface area contributed by atoms with Crippen molar-refractivity contribution in [3.63, 3.8) is 0 Å². The molecule has 0 saturated carbocycles. The standard InChI is InChI=1S/C15H9ClN2O3/c16-12-3-1-2-11(13(12)15(20)21)14(19)18-10-6-4-9(8-17)5-7-10/h1-7H,(H,18,19)(H,20,21). The second kappa shape index (κ2) is 6.07. The third-order valence-corrected chi connectivity index (χ3v) is 3.06. The number of benzene rings is 2. The minimum atomic E-state index is -1.27. The van der Waals surface area contributed by atoms with Crippen LogP contribution < -0.4 is 5.32 Å². The molecule has 0 spiro atoms. The monoisotopic (exact) mass is 300 g/mol. The Bertz CT molecular complexity index is 749. The van der Waals surface area contributed by atoms with E-state index in [0.717, 1.165) is 0 Å². The second-order valence-corrected chi connectivity index (χ2v) is 4.52. The first-order valence-corrected chi connectivity index (χ1v) is 6.24. The van der Waals surface area contributed by atoms with Crippen molar-refractivity contribution in [2.45, 2.75) is 0 Å². The van der Waals surface area contributed by atoms with E-state index in [1.807, 2.05) is 6.07 Å². The van der Waals surface area contributed by atoms with Crippen molar-refractivity contribution < 1.29 is 14.7 Å². The summed E-state index contributed by atoms with van der Waals surface area (Å²) in [4.78, 5) is 23.3. The molecule has 1 amide bonds. The normalized spacial score (nSPS) is 9.71. The van der Waals surface area contributed by atoms with Crippen LogP contribution in [0.15, 0.2) is 42.5 Å². The van der Waals surface area contributed by atoms with Gasteiger partial charge in [-0.1, -0.05) is 17.7 Å². The van der Waals surface area contributed by atoms with Crippen LogP contribution in [0.4, 0.5) is 5.69 Å². The van der Waals surface area contributed by atoms with Crippen LogP contribution in [-0.4, -0.2) is 17.0 Å². The molecule has 0 aliphatic carbocycles. The Balaban J connectivity index is 2.30. The summed E-state index contributed by atoms with van der Waals surface area (Å²) in [5, 5.41) is 20.4. The number of anilines is 1. The molecular weight excluding hydrogens is 292 g/mol. The van der Waals surface area contributed by atoms with E-state index in [0.29, 0.717) is 11.3 Å². The zero-order valence-electron chi connectivity index (χ0n) is 10.6. The molecule has 0 unspecified atom stereocenters. The number of hydrogen-bond donors (Lipinski definition) is 2. The van der Waals surface area contributed by atoms with E-state index in [2.05, 4.69) is 5.32 Å². The number of carboxylic acid groups (broad SMARTS) is 1. The molecule has 2 aromatic rings. The topological polar surface area (TPSA) is 90.2 Å². The van der Waals surface area contributed by atoms with Gasteiger partial charge in [0.25, 0.3) is 5.91 Å². The minimum absolute atomic E-state index is 0.00465.